The molecular weight excluding hydrogens is 494 g/mol. The van der Waals surface area contributed by atoms with Crippen LogP contribution in [0.2, 0.25) is 5.02 Å². The Kier molecular flexibility index (Phi) is 5.10. The summed E-state index contributed by atoms with van der Waals surface area (Å²) in [7, 11) is 0. The van der Waals surface area contributed by atoms with Crippen molar-refractivity contribution in [3.05, 3.63) is 87.9 Å². The Morgan fingerprint density at radius 1 is 1.09 bits per heavy atom. The van der Waals surface area contributed by atoms with Gasteiger partial charge in [-0.15, -0.1) is 0 Å². The van der Waals surface area contributed by atoms with Gasteiger partial charge < -0.3 is 15.4 Å². The number of rotatable bonds is 3. The second-order valence-electron chi connectivity index (χ2n) is 7.91. The first-order valence-corrected chi connectivity index (χ1v) is 11.2. The number of anilines is 2. The largest absolute Gasteiger partial charge is 0.466 e. The fourth-order valence-corrected chi connectivity index (χ4v) is 4.85. The predicted octanol–water partition coefficient (Wildman–Crippen LogP) is 5.74. The Labute approximate surface area is 198 Å². The van der Waals surface area contributed by atoms with Crippen LogP contribution in [0.1, 0.15) is 18.5 Å². The number of ether oxygens (including phenoxy) is 1. The van der Waals surface area contributed by atoms with Crippen LogP contribution in [0.5, 0.6) is 5.75 Å². The van der Waals surface area contributed by atoms with Gasteiger partial charge in [0.25, 0.3) is 0 Å². The number of hydrogen-bond donors (Lipinski definition) is 2. The highest BCUT2D eigenvalue weighted by Gasteiger charge is 2.60. The van der Waals surface area contributed by atoms with Gasteiger partial charge in [0.2, 0.25) is 11.6 Å². The number of amides is 3. The lowest BCUT2D eigenvalue weighted by atomic mass is 9.78. The maximum absolute atomic E-state index is 13.6. The average Bonchev–Trinajstić information content (AvgIpc) is 2.76. The number of benzene rings is 3. The van der Waals surface area contributed by atoms with Crippen molar-refractivity contribution in [2.75, 3.05) is 10.2 Å². The minimum absolute atomic E-state index is 0.267. The molecule has 8 heteroatoms. The van der Waals surface area contributed by atoms with Crippen molar-refractivity contribution in [3.8, 4) is 5.75 Å². The summed E-state index contributed by atoms with van der Waals surface area (Å²) in [6, 6.07) is 20.8. The first-order chi connectivity index (χ1) is 15.4. The van der Waals surface area contributed by atoms with E-state index >= 15 is 0 Å². The van der Waals surface area contributed by atoms with Crippen LogP contribution in [-0.2, 0) is 4.79 Å². The molecule has 2 bridgehead atoms. The molecule has 3 amide bonds. The van der Waals surface area contributed by atoms with Crippen molar-refractivity contribution in [2.45, 2.75) is 18.7 Å². The van der Waals surface area contributed by atoms with E-state index in [9.17, 15) is 9.59 Å². The Morgan fingerprint density at radius 3 is 2.50 bits per heavy atom. The molecule has 2 aliphatic rings. The van der Waals surface area contributed by atoms with E-state index in [1.54, 1.807) is 31.2 Å². The van der Waals surface area contributed by atoms with Gasteiger partial charge in [-0.3, -0.25) is 9.69 Å². The van der Waals surface area contributed by atoms with Crippen LogP contribution < -0.4 is 20.3 Å². The molecule has 0 spiro atoms. The molecule has 0 saturated carbocycles. The van der Waals surface area contributed by atoms with Gasteiger partial charge in [-0.2, -0.15) is 0 Å². The number of para-hydroxylation sites is 1. The lowest BCUT2D eigenvalue weighted by Gasteiger charge is -2.54. The molecule has 2 N–H and O–H groups in total. The van der Waals surface area contributed by atoms with Gasteiger partial charge in [0.1, 0.15) is 11.7 Å². The highest BCUT2D eigenvalue weighted by molar-refractivity contribution is 9.10. The lowest BCUT2D eigenvalue weighted by Crippen LogP contribution is -2.72. The van der Waals surface area contributed by atoms with E-state index < -0.39 is 17.7 Å². The third kappa shape index (κ3) is 3.42. The molecular formula is C24H19BrClN3O3. The Hall–Kier alpha value is -3.03. The van der Waals surface area contributed by atoms with Crippen LogP contribution in [0.25, 0.3) is 0 Å². The zero-order valence-corrected chi connectivity index (χ0v) is 19.4. The summed E-state index contributed by atoms with van der Waals surface area (Å²) in [5.74, 6) is -0.358. The van der Waals surface area contributed by atoms with Gasteiger partial charge >= 0.3 is 6.03 Å². The molecule has 1 fully saturated rings. The number of carbonyl (C=O) groups excluding carboxylic acids is 2. The summed E-state index contributed by atoms with van der Waals surface area (Å²) < 4.78 is 7.30. The Morgan fingerprint density at radius 2 is 1.78 bits per heavy atom. The SMILES string of the molecule is CC12Oc3ccccc3C(NC(=O)N1c1ccc(Br)cc1)C2C(=O)Nc1ccc(Cl)cc1. The number of urea groups is 1. The molecule has 1 saturated heterocycles. The smallest absolute Gasteiger partial charge is 0.325 e. The molecule has 2 aliphatic heterocycles. The van der Waals surface area contributed by atoms with Gasteiger partial charge in [-0.05, 0) is 61.5 Å². The van der Waals surface area contributed by atoms with Crippen LogP contribution in [0.15, 0.2) is 77.3 Å². The molecule has 32 heavy (non-hydrogen) atoms. The van der Waals surface area contributed by atoms with E-state index in [4.69, 9.17) is 16.3 Å². The van der Waals surface area contributed by atoms with Gasteiger partial charge in [0.15, 0.2) is 0 Å². The third-order valence-corrected chi connectivity index (χ3v) is 6.67. The van der Waals surface area contributed by atoms with Crippen molar-refractivity contribution >= 4 is 50.8 Å². The van der Waals surface area contributed by atoms with Gasteiger partial charge in [-0.1, -0.05) is 45.7 Å². The molecule has 3 unspecified atom stereocenters. The van der Waals surface area contributed by atoms with Crippen molar-refractivity contribution in [2.24, 2.45) is 5.92 Å². The van der Waals surface area contributed by atoms with Crippen LogP contribution in [-0.4, -0.2) is 17.7 Å². The molecule has 0 aromatic heterocycles. The number of fused-ring (bicyclic) bond motifs is 4. The number of nitrogens with one attached hydrogen (secondary N) is 2. The van der Waals surface area contributed by atoms with Crippen LogP contribution >= 0.6 is 27.5 Å². The first kappa shape index (κ1) is 20.8. The molecule has 3 atom stereocenters. The molecule has 162 valence electrons. The van der Waals surface area contributed by atoms with Crippen molar-refractivity contribution in [1.29, 1.82) is 0 Å². The minimum atomic E-state index is -1.26. The normalized spacial score (nSPS) is 23.6. The molecule has 5 rings (SSSR count). The highest BCUT2D eigenvalue weighted by atomic mass is 79.9. The Bertz CT molecular complexity index is 1200. The monoisotopic (exact) mass is 511 g/mol. The van der Waals surface area contributed by atoms with E-state index in [2.05, 4.69) is 26.6 Å². The van der Waals surface area contributed by atoms with Crippen LogP contribution in [0.3, 0.4) is 0 Å². The average molecular weight is 513 g/mol. The maximum Gasteiger partial charge on any atom is 0.325 e. The van der Waals surface area contributed by atoms with Crippen molar-refractivity contribution in [1.82, 2.24) is 5.32 Å². The fourth-order valence-electron chi connectivity index (χ4n) is 4.46. The summed E-state index contributed by atoms with van der Waals surface area (Å²) in [6.07, 6.45) is 0. The molecule has 3 aromatic rings. The predicted molar refractivity (Wildman–Crippen MR) is 127 cm³/mol. The van der Waals surface area contributed by atoms with Gasteiger partial charge in [-0.25, -0.2) is 4.79 Å². The zero-order valence-electron chi connectivity index (χ0n) is 17.0. The quantitative estimate of drug-likeness (QED) is 0.470. The minimum Gasteiger partial charge on any atom is -0.466 e. The molecule has 0 radical (unpaired) electrons. The number of carbonyl (C=O) groups is 2. The number of nitrogens with zero attached hydrogens (tertiary/aromatic N) is 1. The van der Waals surface area contributed by atoms with E-state index in [1.165, 1.54) is 4.90 Å². The van der Waals surface area contributed by atoms with Crippen LogP contribution in [0, 0.1) is 5.92 Å². The molecule has 2 heterocycles. The summed E-state index contributed by atoms with van der Waals surface area (Å²) in [5, 5.41) is 6.57. The fraction of sp³-hybridized carbons (Fsp3) is 0.167. The Balaban J connectivity index is 1.60. The van der Waals surface area contributed by atoms with E-state index in [0.29, 0.717) is 22.1 Å². The van der Waals surface area contributed by atoms with Gasteiger partial charge in [0, 0.05) is 26.4 Å². The standard InChI is InChI=1S/C24H19BrClN3O3/c1-24-20(22(30)27-16-10-8-15(26)9-11-16)21(18-4-2-3-5-19(18)32-24)28-23(31)29(24)17-12-6-14(25)7-13-17/h2-13,20-21H,1H3,(H,27,30)(H,28,31). The zero-order chi connectivity index (χ0) is 22.5. The van der Waals surface area contributed by atoms with Gasteiger partial charge in [0.05, 0.1) is 6.04 Å². The molecule has 6 nitrogen and oxygen atoms in total. The lowest BCUT2D eigenvalue weighted by molar-refractivity contribution is -0.131. The van der Waals surface area contributed by atoms with E-state index in [-0.39, 0.29) is 11.9 Å². The summed E-state index contributed by atoms with van der Waals surface area (Å²) in [6.45, 7) is 1.78. The summed E-state index contributed by atoms with van der Waals surface area (Å²) in [5.41, 5.74) is 0.743. The molecule has 0 aliphatic carbocycles. The van der Waals surface area contributed by atoms with E-state index in [0.717, 1.165) is 10.0 Å². The summed E-state index contributed by atoms with van der Waals surface area (Å²) in [4.78, 5) is 28.4. The van der Waals surface area contributed by atoms with Crippen molar-refractivity contribution < 1.29 is 14.3 Å². The topological polar surface area (TPSA) is 70.7 Å². The third-order valence-electron chi connectivity index (χ3n) is 5.89. The summed E-state index contributed by atoms with van der Waals surface area (Å²) >= 11 is 9.40. The molecule has 3 aromatic carbocycles. The second-order valence-corrected chi connectivity index (χ2v) is 9.26. The van der Waals surface area contributed by atoms with E-state index in [1.807, 2.05) is 48.5 Å². The number of hydrogen-bond acceptors (Lipinski definition) is 3. The highest BCUT2D eigenvalue weighted by Crippen LogP contribution is 2.49. The second kappa shape index (κ2) is 7.83. The number of halogens is 2. The first-order valence-electron chi connectivity index (χ1n) is 10.1. The van der Waals surface area contributed by atoms with Crippen molar-refractivity contribution in [3.63, 3.8) is 0 Å². The van der Waals surface area contributed by atoms with Crippen LogP contribution in [0.4, 0.5) is 16.2 Å². The maximum atomic E-state index is 13.6.